The topological polar surface area (TPSA) is 63.6 Å². The highest BCUT2D eigenvalue weighted by atomic mass is 16.5. The first-order valence-electron chi connectivity index (χ1n) is 7.54. The van der Waals surface area contributed by atoms with Gasteiger partial charge in [0.15, 0.2) is 0 Å². The highest BCUT2D eigenvalue weighted by Gasteiger charge is 2.46. The minimum atomic E-state index is -0.938. The van der Waals surface area contributed by atoms with E-state index in [0.29, 0.717) is 13.0 Å². The van der Waals surface area contributed by atoms with Gasteiger partial charge in [-0.25, -0.2) is 0 Å². The van der Waals surface area contributed by atoms with E-state index in [1.807, 2.05) is 41.5 Å². The molecule has 0 bridgehead atoms. The lowest BCUT2D eigenvalue weighted by atomic mass is 9.67. The Labute approximate surface area is 122 Å². The van der Waals surface area contributed by atoms with Crippen LogP contribution in [0.1, 0.15) is 60.8 Å². The van der Waals surface area contributed by atoms with Gasteiger partial charge in [0.05, 0.1) is 18.4 Å². The molecule has 0 aromatic heterocycles. The molecular weight excluding hydrogens is 256 g/mol. The zero-order chi connectivity index (χ0) is 15.9. The van der Waals surface area contributed by atoms with Crippen LogP contribution in [0, 0.1) is 23.2 Å². The van der Waals surface area contributed by atoms with Gasteiger partial charge in [-0.1, -0.05) is 48.0 Å². The summed E-state index contributed by atoms with van der Waals surface area (Å²) in [5, 5.41) is 9.22. The predicted octanol–water partition coefficient (Wildman–Crippen LogP) is 3.74. The van der Waals surface area contributed by atoms with Gasteiger partial charge in [0, 0.05) is 0 Å². The fourth-order valence-electron chi connectivity index (χ4n) is 2.58. The molecule has 0 rings (SSSR count). The summed E-state index contributed by atoms with van der Waals surface area (Å²) >= 11 is 0. The van der Waals surface area contributed by atoms with Gasteiger partial charge in [0.25, 0.3) is 0 Å². The minimum Gasteiger partial charge on any atom is -0.481 e. The van der Waals surface area contributed by atoms with E-state index in [2.05, 4.69) is 0 Å². The summed E-state index contributed by atoms with van der Waals surface area (Å²) in [4.78, 5) is 23.8. The number of aliphatic carboxylic acids is 1. The predicted molar refractivity (Wildman–Crippen MR) is 79.4 cm³/mol. The van der Waals surface area contributed by atoms with Crippen LogP contribution in [0.4, 0.5) is 0 Å². The number of rotatable bonds is 9. The third-order valence-electron chi connectivity index (χ3n) is 3.75. The van der Waals surface area contributed by atoms with Crippen molar-refractivity contribution >= 4 is 11.9 Å². The zero-order valence-electron chi connectivity index (χ0n) is 13.7. The molecule has 118 valence electrons. The Bertz CT molecular complexity index is 322. The highest BCUT2D eigenvalue weighted by Crippen LogP contribution is 2.41. The Hall–Kier alpha value is -1.06. The molecule has 2 atom stereocenters. The van der Waals surface area contributed by atoms with Gasteiger partial charge in [0.2, 0.25) is 0 Å². The average Bonchev–Trinajstić information content (AvgIpc) is 2.32. The van der Waals surface area contributed by atoms with Crippen LogP contribution in [0.2, 0.25) is 0 Å². The lowest BCUT2D eigenvalue weighted by molar-refractivity contribution is -0.167. The van der Waals surface area contributed by atoms with Crippen LogP contribution >= 0.6 is 0 Å². The lowest BCUT2D eigenvalue weighted by Crippen LogP contribution is -2.42. The van der Waals surface area contributed by atoms with Gasteiger partial charge >= 0.3 is 11.9 Å². The maximum absolute atomic E-state index is 12.6. The Morgan fingerprint density at radius 1 is 1.10 bits per heavy atom. The first-order valence-corrected chi connectivity index (χ1v) is 7.54. The number of carboxylic acid groups (broad SMARTS) is 1. The largest absolute Gasteiger partial charge is 0.481 e. The second kappa shape index (κ2) is 8.28. The monoisotopic (exact) mass is 286 g/mol. The number of carbonyl (C=O) groups is 2. The molecular formula is C16H30O4. The van der Waals surface area contributed by atoms with E-state index in [1.54, 1.807) is 0 Å². The molecule has 1 N–H and O–H groups in total. The summed E-state index contributed by atoms with van der Waals surface area (Å²) in [6.07, 6.45) is 1.15. The molecule has 0 aromatic rings. The molecule has 0 spiro atoms. The van der Waals surface area contributed by atoms with Crippen LogP contribution in [-0.2, 0) is 14.3 Å². The number of esters is 1. The quantitative estimate of drug-likeness (QED) is 0.656. The maximum Gasteiger partial charge on any atom is 0.312 e. The smallest absolute Gasteiger partial charge is 0.312 e. The highest BCUT2D eigenvalue weighted by molar-refractivity contribution is 5.83. The van der Waals surface area contributed by atoms with Crippen molar-refractivity contribution < 1.29 is 19.4 Å². The first-order chi connectivity index (χ1) is 9.15. The summed E-state index contributed by atoms with van der Waals surface area (Å²) < 4.78 is 5.39. The molecule has 0 saturated carbocycles. The summed E-state index contributed by atoms with van der Waals surface area (Å²) in [6.45, 7) is 12.2. The third-order valence-corrected chi connectivity index (χ3v) is 3.75. The Morgan fingerprint density at radius 3 is 2.00 bits per heavy atom. The lowest BCUT2D eigenvalue weighted by Gasteiger charge is -2.37. The van der Waals surface area contributed by atoms with Gasteiger partial charge in [-0.15, -0.1) is 0 Å². The van der Waals surface area contributed by atoms with Crippen LogP contribution in [0.3, 0.4) is 0 Å². The Morgan fingerprint density at radius 2 is 1.65 bits per heavy atom. The number of hydrogen-bond donors (Lipinski definition) is 1. The van der Waals surface area contributed by atoms with Gasteiger partial charge < -0.3 is 9.84 Å². The molecule has 0 saturated heterocycles. The molecule has 0 aliphatic heterocycles. The van der Waals surface area contributed by atoms with Gasteiger partial charge in [-0.3, -0.25) is 9.59 Å². The second-order valence-corrected chi connectivity index (χ2v) is 6.63. The van der Waals surface area contributed by atoms with E-state index in [1.165, 1.54) is 0 Å². The van der Waals surface area contributed by atoms with Crippen molar-refractivity contribution in [3.05, 3.63) is 0 Å². The normalized spacial score (nSPS) is 16.0. The van der Waals surface area contributed by atoms with Crippen LogP contribution in [-0.4, -0.2) is 23.7 Å². The average molecular weight is 286 g/mol. The fraction of sp³-hybridized carbons (Fsp3) is 0.875. The van der Waals surface area contributed by atoms with Crippen LogP contribution in [0.25, 0.3) is 0 Å². The molecule has 2 unspecified atom stereocenters. The molecule has 0 aromatic carbocycles. The molecule has 4 nitrogen and oxygen atoms in total. The van der Waals surface area contributed by atoms with Crippen LogP contribution in [0.5, 0.6) is 0 Å². The van der Waals surface area contributed by atoms with Gasteiger partial charge in [-0.05, 0) is 24.2 Å². The van der Waals surface area contributed by atoms with E-state index < -0.39 is 11.4 Å². The zero-order valence-corrected chi connectivity index (χ0v) is 13.7. The number of carboxylic acids is 1. The van der Waals surface area contributed by atoms with Crippen molar-refractivity contribution in [1.82, 2.24) is 0 Å². The maximum atomic E-state index is 12.6. The molecule has 0 aliphatic rings. The number of hydrogen-bond acceptors (Lipinski definition) is 3. The van der Waals surface area contributed by atoms with Gasteiger partial charge in [0.1, 0.15) is 0 Å². The summed E-state index contributed by atoms with van der Waals surface area (Å²) in [7, 11) is 0. The Kier molecular flexibility index (Phi) is 7.84. The number of ether oxygens (including phenoxy) is 1. The molecule has 0 aliphatic carbocycles. The molecule has 4 heteroatoms. The van der Waals surface area contributed by atoms with Crippen molar-refractivity contribution in [2.45, 2.75) is 60.8 Å². The molecule has 0 amide bonds. The Balaban J connectivity index is 5.34. The van der Waals surface area contributed by atoms with E-state index in [9.17, 15) is 14.7 Å². The van der Waals surface area contributed by atoms with E-state index in [-0.39, 0.29) is 30.1 Å². The molecule has 0 radical (unpaired) electrons. The standard InChI is InChI=1S/C16H30O4/c1-7-13(6)16(8-11(2)3,9-14(17)18)15(19)20-10-12(4)5/h11-13H,7-10H2,1-6H3,(H,17,18). The van der Waals surface area contributed by atoms with Gasteiger partial charge in [-0.2, -0.15) is 0 Å². The van der Waals surface area contributed by atoms with Crippen LogP contribution < -0.4 is 0 Å². The molecule has 0 fully saturated rings. The van der Waals surface area contributed by atoms with E-state index in [4.69, 9.17) is 4.74 Å². The van der Waals surface area contributed by atoms with Crippen molar-refractivity contribution in [2.24, 2.45) is 23.2 Å². The second-order valence-electron chi connectivity index (χ2n) is 6.63. The molecule has 0 heterocycles. The van der Waals surface area contributed by atoms with Crippen molar-refractivity contribution in [2.75, 3.05) is 6.61 Å². The van der Waals surface area contributed by atoms with Crippen molar-refractivity contribution in [3.8, 4) is 0 Å². The van der Waals surface area contributed by atoms with Crippen molar-refractivity contribution in [1.29, 1.82) is 0 Å². The van der Waals surface area contributed by atoms with Crippen molar-refractivity contribution in [3.63, 3.8) is 0 Å². The summed E-state index contributed by atoms with van der Waals surface area (Å²) in [5.74, 6) is -0.808. The third kappa shape index (κ3) is 5.51. The van der Waals surface area contributed by atoms with Crippen LogP contribution in [0.15, 0.2) is 0 Å². The number of carbonyl (C=O) groups excluding carboxylic acids is 1. The SMILES string of the molecule is CCC(C)C(CC(=O)O)(CC(C)C)C(=O)OCC(C)C. The van der Waals surface area contributed by atoms with E-state index >= 15 is 0 Å². The van der Waals surface area contributed by atoms with E-state index in [0.717, 1.165) is 6.42 Å². The minimum absolute atomic E-state index is 0.0133. The molecule has 20 heavy (non-hydrogen) atoms. The fourth-order valence-corrected chi connectivity index (χ4v) is 2.58. The summed E-state index contributed by atoms with van der Waals surface area (Å²) in [5.41, 5.74) is -0.913. The first kappa shape index (κ1) is 18.9. The summed E-state index contributed by atoms with van der Waals surface area (Å²) in [6, 6.07) is 0.